The fraction of sp³-hybridized carbons (Fsp3) is 0.308. The molecule has 168 valence electrons. The zero-order chi connectivity index (χ0) is 22.8. The highest BCUT2D eigenvalue weighted by Crippen LogP contribution is 2.30. The van der Waals surface area contributed by atoms with Crippen molar-refractivity contribution < 1.29 is 9.21 Å². The number of nitrogens with zero attached hydrogens (tertiary/aromatic N) is 4. The maximum Gasteiger partial charge on any atom is 0.295 e. The highest BCUT2D eigenvalue weighted by atomic mass is 16.4. The summed E-state index contributed by atoms with van der Waals surface area (Å²) in [4.78, 5) is 29.2. The van der Waals surface area contributed by atoms with E-state index in [0.29, 0.717) is 36.4 Å². The van der Waals surface area contributed by atoms with Gasteiger partial charge in [0.2, 0.25) is 0 Å². The number of oxazole rings is 1. The minimum Gasteiger partial charge on any atom is -0.424 e. The number of rotatable bonds is 5. The number of para-hydroxylation sites is 2. The monoisotopic (exact) mass is 441 g/mol. The van der Waals surface area contributed by atoms with E-state index in [1.165, 1.54) is 0 Å². The summed E-state index contributed by atoms with van der Waals surface area (Å²) in [5.41, 5.74) is 3.93. The molecule has 0 aliphatic carbocycles. The first-order chi connectivity index (χ1) is 16.1. The predicted octanol–water partition coefficient (Wildman–Crippen LogP) is 4.95. The highest BCUT2D eigenvalue weighted by Gasteiger charge is 2.34. The number of carbonyl (C=O) groups excluding carboxylic acids is 1. The van der Waals surface area contributed by atoms with Gasteiger partial charge < -0.3 is 14.6 Å². The van der Waals surface area contributed by atoms with Crippen molar-refractivity contribution in [1.82, 2.24) is 19.9 Å². The number of likely N-dealkylation sites (tertiary alicyclic amines) is 1. The molecule has 7 heteroatoms. The average Bonchev–Trinajstić information content (AvgIpc) is 3.26. The van der Waals surface area contributed by atoms with Gasteiger partial charge in [-0.25, -0.2) is 9.97 Å². The van der Waals surface area contributed by atoms with Gasteiger partial charge in [-0.15, -0.1) is 0 Å². The molecular weight excluding hydrogens is 414 g/mol. The number of hydrogen-bond donors (Lipinski definition) is 1. The molecule has 2 atom stereocenters. The van der Waals surface area contributed by atoms with Crippen LogP contribution in [0, 0.1) is 12.8 Å². The fourth-order valence-corrected chi connectivity index (χ4v) is 4.67. The van der Waals surface area contributed by atoms with Crippen LogP contribution in [-0.4, -0.2) is 44.9 Å². The number of anilines is 1. The minimum absolute atomic E-state index is 0.0189. The molecule has 0 saturated carbocycles. The number of amides is 1. The zero-order valence-electron chi connectivity index (χ0n) is 18.9. The van der Waals surface area contributed by atoms with Crippen LogP contribution < -0.4 is 5.32 Å². The Hall–Kier alpha value is -3.74. The largest absolute Gasteiger partial charge is 0.424 e. The van der Waals surface area contributed by atoms with Gasteiger partial charge in [0.1, 0.15) is 5.52 Å². The van der Waals surface area contributed by atoms with Crippen molar-refractivity contribution in [2.24, 2.45) is 5.92 Å². The zero-order valence-corrected chi connectivity index (χ0v) is 18.9. The molecule has 2 aromatic heterocycles. The van der Waals surface area contributed by atoms with Crippen molar-refractivity contribution in [2.75, 3.05) is 18.4 Å². The molecule has 4 aromatic rings. The van der Waals surface area contributed by atoms with Crippen LogP contribution in [0.15, 0.2) is 65.3 Å². The smallest absolute Gasteiger partial charge is 0.295 e. The summed E-state index contributed by atoms with van der Waals surface area (Å²) in [6.07, 6.45) is 5.46. The van der Waals surface area contributed by atoms with Crippen LogP contribution in [0.1, 0.15) is 35.7 Å². The first kappa shape index (κ1) is 21.1. The van der Waals surface area contributed by atoms with E-state index < -0.39 is 0 Å². The lowest BCUT2D eigenvalue weighted by Crippen LogP contribution is -2.51. The molecule has 1 aliphatic heterocycles. The molecule has 0 bridgehead atoms. The summed E-state index contributed by atoms with van der Waals surface area (Å²) in [6.45, 7) is 5.46. The number of fused-ring (bicyclic) bond motifs is 1. The molecule has 7 nitrogen and oxygen atoms in total. The van der Waals surface area contributed by atoms with Crippen molar-refractivity contribution >= 4 is 23.0 Å². The molecule has 0 spiro atoms. The van der Waals surface area contributed by atoms with Gasteiger partial charge in [-0.3, -0.25) is 4.79 Å². The Bertz CT molecular complexity index is 1240. The number of carbonyl (C=O) groups is 1. The van der Waals surface area contributed by atoms with E-state index >= 15 is 0 Å². The molecular formula is C26H27N5O2. The van der Waals surface area contributed by atoms with Crippen LogP contribution in [0.4, 0.5) is 6.01 Å². The van der Waals surface area contributed by atoms with Crippen LogP contribution in [0.5, 0.6) is 0 Å². The molecule has 1 fully saturated rings. The first-order valence-corrected chi connectivity index (χ1v) is 11.4. The summed E-state index contributed by atoms with van der Waals surface area (Å²) in [5, 5.41) is 3.34. The van der Waals surface area contributed by atoms with Crippen LogP contribution in [-0.2, 0) is 0 Å². The van der Waals surface area contributed by atoms with E-state index in [0.717, 1.165) is 35.1 Å². The molecule has 1 saturated heterocycles. The van der Waals surface area contributed by atoms with Gasteiger partial charge >= 0.3 is 0 Å². The Balaban J connectivity index is 1.43. The molecule has 1 aliphatic rings. The average molecular weight is 442 g/mol. The second-order valence-electron chi connectivity index (χ2n) is 8.62. The van der Waals surface area contributed by atoms with Gasteiger partial charge in [0.25, 0.3) is 11.9 Å². The van der Waals surface area contributed by atoms with Gasteiger partial charge in [-0.05, 0) is 49.4 Å². The lowest BCUT2D eigenvalue weighted by molar-refractivity contribution is 0.0539. The number of nitrogens with one attached hydrogen (secondary N) is 1. The fourth-order valence-electron chi connectivity index (χ4n) is 4.67. The Labute approximate surface area is 192 Å². The normalized spacial score (nSPS) is 18.4. The van der Waals surface area contributed by atoms with Gasteiger partial charge in [0.15, 0.2) is 11.4 Å². The standard InChI is InChI=1S/C26H27N5O2/c1-17-9-6-15-31(21(17)16-29-26-30-20-11-3-4-12-22(20)33-26)25(32)23-18(2)8-5-10-19(23)24-27-13-7-14-28-24/h3-5,7-8,10-14,17,21H,6,9,15-16H2,1-2H3,(H,29,30). The van der Waals surface area contributed by atoms with Crippen molar-refractivity contribution in [3.8, 4) is 11.4 Å². The Kier molecular flexibility index (Phi) is 5.77. The second-order valence-corrected chi connectivity index (χ2v) is 8.62. The van der Waals surface area contributed by atoms with Crippen LogP contribution in [0.3, 0.4) is 0 Å². The molecule has 33 heavy (non-hydrogen) atoms. The number of benzene rings is 2. The number of aryl methyl sites for hydroxylation is 1. The molecule has 5 rings (SSSR count). The van der Waals surface area contributed by atoms with Crippen molar-refractivity contribution in [3.05, 3.63) is 72.1 Å². The molecule has 0 radical (unpaired) electrons. The Morgan fingerprint density at radius 1 is 1.12 bits per heavy atom. The van der Waals surface area contributed by atoms with Gasteiger partial charge in [-0.1, -0.05) is 37.3 Å². The summed E-state index contributed by atoms with van der Waals surface area (Å²) < 4.78 is 5.83. The lowest BCUT2D eigenvalue weighted by atomic mass is 9.89. The maximum absolute atomic E-state index is 13.9. The van der Waals surface area contributed by atoms with Gasteiger partial charge in [0, 0.05) is 31.0 Å². The van der Waals surface area contributed by atoms with E-state index in [9.17, 15) is 4.79 Å². The molecule has 2 aromatic carbocycles. The summed E-state index contributed by atoms with van der Waals surface area (Å²) in [5.74, 6) is 0.933. The predicted molar refractivity (Wildman–Crippen MR) is 128 cm³/mol. The Morgan fingerprint density at radius 2 is 1.94 bits per heavy atom. The summed E-state index contributed by atoms with van der Waals surface area (Å²) >= 11 is 0. The number of piperidine rings is 1. The van der Waals surface area contributed by atoms with E-state index in [1.54, 1.807) is 18.5 Å². The highest BCUT2D eigenvalue weighted by molar-refractivity contribution is 6.01. The third-order valence-electron chi connectivity index (χ3n) is 6.43. The minimum atomic E-state index is 0.0189. The van der Waals surface area contributed by atoms with E-state index in [4.69, 9.17) is 4.42 Å². The number of hydrogen-bond acceptors (Lipinski definition) is 6. The summed E-state index contributed by atoms with van der Waals surface area (Å²) in [6, 6.07) is 15.8. The topological polar surface area (TPSA) is 84.2 Å². The summed E-state index contributed by atoms with van der Waals surface area (Å²) in [7, 11) is 0. The first-order valence-electron chi connectivity index (χ1n) is 11.4. The van der Waals surface area contributed by atoms with E-state index in [1.807, 2.05) is 54.3 Å². The van der Waals surface area contributed by atoms with Crippen LogP contribution in [0.25, 0.3) is 22.5 Å². The van der Waals surface area contributed by atoms with Crippen LogP contribution >= 0.6 is 0 Å². The third-order valence-corrected chi connectivity index (χ3v) is 6.43. The number of aromatic nitrogens is 3. The van der Waals surface area contributed by atoms with E-state index in [-0.39, 0.29) is 11.9 Å². The maximum atomic E-state index is 13.9. The Morgan fingerprint density at radius 3 is 2.76 bits per heavy atom. The SMILES string of the molecule is Cc1cccc(-c2ncccn2)c1C(=O)N1CCCC(C)C1CNc1nc2ccccc2o1. The van der Waals surface area contributed by atoms with Gasteiger partial charge in [-0.2, -0.15) is 4.98 Å². The molecule has 1 amide bonds. The van der Waals surface area contributed by atoms with Gasteiger partial charge in [0.05, 0.1) is 11.6 Å². The molecule has 3 heterocycles. The quantitative estimate of drug-likeness (QED) is 0.472. The van der Waals surface area contributed by atoms with Crippen molar-refractivity contribution in [2.45, 2.75) is 32.7 Å². The lowest BCUT2D eigenvalue weighted by Gasteiger charge is -2.40. The van der Waals surface area contributed by atoms with Crippen LogP contribution in [0.2, 0.25) is 0 Å². The van der Waals surface area contributed by atoms with Crippen molar-refractivity contribution in [3.63, 3.8) is 0 Å². The van der Waals surface area contributed by atoms with E-state index in [2.05, 4.69) is 27.2 Å². The van der Waals surface area contributed by atoms with Crippen molar-refractivity contribution in [1.29, 1.82) is 0 Å². The second kappa shape index (κ2) is 9.02. The third kappa shape index (κ3) is 4.18. The molecule has 2 unspecified atom stereocenters. The molecule has 1 N–H and O–H groups in total.